The second-order valence-corrected chi connectivity index (χ2v) is 8.78. The molecule has 1 aliphatic carbocycles. The lowest BCUT2D eigenvalue weighted by molar-refractivity contribution is 0.0527. The molecule has 1 aromatic heterocycles. The van der Waals surface area contributed by atoms with Gasteiger partial charge in [0.1, 0.15) is 5.00 Å². The van der Waals surface area contributed by atoms with Crippen LogP contribution in [0.5, 0.6) is 0 Å². The first kappa shape index (κ1) is 18.0. The minimum absolute atomic E-state index is 0.232. The third-order valence-corrected chi connectivity index (χ3v) is 7.00. The minimum Gasteiger partial charge on any atom is -0.462 e. The van der Waals surface area contributed by atoms with E-state index >= 15 is 0 Å². The van der Waals surface area contributed by atoms with Crippen LogP contribution in [0.25, 0.3) is 0 Å². The number of carbonyl (C=O) groups excluding carboxylic acids is 1. The zero-order valence-electron chi connectivity index (χ0n) is 14.0. The van der Waals surface area contributed by atoms with Crippen molar-refractivity contribution in [2.45, 2.75) is 57.2 Å². The number of anilines is 1. The number of thiophene rings is 1. The largest absolute Gasteiger partial charge is 0.462 e. The van der Waals surface area contributed by atoms with Crippen LogP contribution in [0.4, 0.5) is 5.00 Å². The highest BCUT2D eigenvalue weighted by atomic mass is 32.2. The number of hydrogen-bond acceptors (Lipinski definition) is 5. The molecule has 0 amide bonds. The zero-order valence-corrected chi connectivity index (χ0v) is 16.4. The highest BCUT2D eigenvalue weighted by Gasteiger charge is 2.27. The number of rotatable bonds is 4. The van der Waals surface area contributed by atoms with E-state index in [1.165, 1.54) is 37.0 Å². The van der Waals surface area contributed by atoms with E-state index in [4.69, 9.17) is 17.0 Å². The van der Waals surface area contributed by atoms with Gasteiger partial charge in [-0.1, -0.05) is 19.3 Å². The van der Waals surface area contributed by atoms with E-state index in [1.807, 2.05) is 18.7 Å². The van der Waals surface area contributed by atoms with E-state index in [0.29, 0.717) is 23.3 Å². The molecular formula is C17H24N2O2S3. The van der Waals surface area contributed by atoms with Crippen LogP contribution >= 0.6 is 35.3 Å². The molecule has 4 nitrogen and oxygen atoms in total. The van der Waals surface area contributed by atoms with Gasteiger partial charge in [0.25, 0.3) is 0 Å². The molecule has 0 spiro atoms. The quantitative estimate of drug-likeness (QED) is 0.595. The average molecular weight is 385 g/mol. The molecule has 3 rings (SSSR count). The maximum Gasteiger partial charge on any atom is 0.341 e. The van der Waals surface area contributed by atoms with Gasteiger partial charge >= 0.3 is 5.97 Å². The Labute approximate surface area is 157 Å². The summed E-state index contributed by atoms with van der Waals surface area (Å²) in [5, 5.41) is 8.16. The van der Waals surface area contributed by atoms with E-state index in [1.54, 1.807) is 11.3 Å². The summed E-state index contributed by atoms with van der Waals surface area (Å²) >= 11 is 9.06. The number of hydrogen-bond donors (Lipinski definition) is 2. The summed E-state index contributed by atoms with van der Waals surface area (Å²) in [5.74, 6) is 1.79. The Morgan fingerprint density at radius 2 is 2.12 bits per heavy atom. The van der Waals surface area contributed by atoms with Crippen LogP contribution in [0.2, 0.25) is 0 Å². The molecule has 2 aliphatic rings. The highest BCUT2D eigenvalue weighted by molar-refractivity contribution is 7.98. The van der Waals surface area contributed by atoms with Crippen molar-refractivity contribution in [3.63, 3.8) is 0 Å². The van der Waals surface area contributed by atoms with E-state index in [2.05, 4.69) is 10.6 Å². The molecule has 1 aromatic rings. The normalized spacial score (nSPS) is 17.9. The average Bonchev–Trinajstić information content (AvgIpc) is 2.93. The molecule has 2 heterocycles. The van der Waals surface area contributed by atoms with Crippen LogP contribution in [0.1, 0.15) is 59.8 Å². The Morgan fingerprint density at radius 1 is 1.33 bits per heavy atom. The molecular weight excluding hydrogens is 360 g/mol. The highest BCUT2D eigenvalue weighted by Crippen LogP contribution is 2.39. The molecule has 0 radical (unpaired) electrons. The predicted octanol–water partition coefficient (Wildman–Crippen LogP) is 4.33. The minimum atomic E-state index is -0.232. The fourth-order valence-electron chi connectivity index (χ4n) is 3.31. The van der Waals surface area contributed by atoms with Crippen molar-refractivity contribution >= 4 is 51.4 Å². The summed E-state index contributed by atoms with van der Waals surface area (Å²) in [7, 11) is 0. The number of thiocarbonyl (C=S) groups is 1. The van der Waals surface area contributed by atoms with Crippen molar-refractivity contribution in [2.24, 2.45) is 0 Å². The second kappa shape index (κ2) is 8.54. The Balaban J connectivity index is 1.75. The first-order chi connectivity index (χ1) is 11.7. The maximum atomic E-state index is 12.4. The lowest BCUT2D eigenvalue weighted by atomic mass is 9.96. The standard InChI is InChI=1S/C17H24N2O2S3/c1-2-21-16(20)14-12-8-9-23-10-13(12)24-15(14)19-17(22)18-11-6-4-3-5-7-11/h11H,2-10H2,1H3,(H2,18,19,22). The van der Waals surface area contributed by atoms with Crippen LogP contribution in [0.15, 0.2) is 0 Å². The van der Waals surface area contributed by atoms with Gasteiger partial charge in [0.2, 0.25) is 0 Å². The summed E-state index contributed by atoms with van der Waals surface area (Å²) in [5.41, 5.74) is 1.85. The predicted molar refractivity (Wildman–Crippen MR) is 106 cm³/mol. The number of thioether (sulfide) groups is 1. The first-order valence-electron chi connectivity index (χ1n) is 8.66. The fraction of sp³-hybridized carbons (Fsp3) is 0.647. The Kier molecular flexibility index (Phi) is 6.41. The van der Waals surface area contributed by atoms with Gasteiger partial charge in [0.05, 0.1) is 12.2 Å². The maximum absolute atomic E-state index is 12.4. The Bertz CT molecular complexity index is 609. The number of nitrogens with one attached hydrogen (secondary N) is 2. The van der Waals surface area contributed by atoms with Crippen molar-refractivity contribution in [3.05, 3.63) is 16.0 Å². The van der Waals surface area contributed by atoms with Gasteiger partial charge < -0.3 is 15.4 Å². The van der Waals surface area contributed by atoms with Gasteiger partial charge in [-0.15, -0.1) is 11.3 Å². The number of fused-ring (bicyclic) bond motifs is 1. The van der Waals surface area contributed by atoms with E-state index in [-0.39, 0.29) is 5.97 Å². The van der Waals surface area contributed by atoms with Crippen LogP contribution in [0.3, 0.4) is 0 Å². The van der Waals surface area contributed by atoms with E-state index < -0.39 is 0 Å². The second-order valence-electron chi connectivity index (χ2n) is 6.16. The molecule has 0 atom stereocenters. The molecule has 1 aliphatic heterocycles. The van der Waals surface area contributed by atoms with Gasteiger partial charge in [0, 0.05) is 16.7 Å². The van der Waals surface area contributed by atoms with Crippen LogP contribution in [0, 0.1) is 0 Å². The summed E-state index contributed by atoms with van der Waals surface area (Å²) < 4.78 is 5.28. The van der Waals surface area contributed by atoms with Crippen molar-refractivity contribution in [1.82, 2.24) is 5.32 Å². The third kappa shape index (κ3) is 4.24. The summed E-state index contributed by atoms with van der Waals surface area (Å²) in [6.07, 6.45) is 7.11. The van der Waals surface area contributed by atoms with Gasteiger partial charge in [-0.3, -0.25) is 0 Å². The molecule has 0 aromatic carbocycles. The molecule has 1 saturated carbocycles. The summed E-state index contributed by atoms with van der Waals surface area (Å²) in [6.45, 7) is 2.23. The monoisotopic (exact) mass is 384 g/mol. The topological polar surface area (TPSA) is 50.4 Å². The Hall–Kier alpha value is -0.790. The van der Waals surface area contributed by atoms with Gasteiger partial charge in [-0.25, -0.2) is 4.79 Å². The number of esters is 1. The van der Waals surface area contributed by atoms with Gasteiger partial charge in [0.15, 0.2) is 5.11 Å². The molecule has 2 N–H and O–H groups in total. The molecule has 1 fully saturated rings. The molecule has 0 unspecified atom stereocenters. The van der Waals surface area contributed by atoms with Crippen LogP contribution in [-0.2, 0) is 16.9 Å². The van der Waals surface area contributed by atoms with Gasteiger partial charge in [-0.05, 0) is 49.7 Å². The third-order valence-electron chi connectivity index (χ3n) is 4.47. The fourth-order valence-corrected chi connectivity index (χ4v) is 6.02. The van der Waals surface area contributed by atoms with Crippen molar-refractivity contribution < 1.29 is 9.53 Å². The summed E-state index contributed by atoms with van der Waals surface area (Å²) in [6, 6.07) is 0.454. The lowest BCUT2D eigenvalue weighted by Gasteiger charge is -2.24. The van der Waals surface area contributed by atoms with Crippen LogP contribution in [-0.4, -0.2) is 29.5 Å². The molecule has 7 heteroatoms. The lowest BCUT2D eigenvalue weighted by Crippen LogP contribution is -2.38. The zero-order chi connectivity index (χ0) is 16.9. The number of ether oxygens (including phenoxy) is 1. The van der Waals surface area contributed by atoms with Crippen LogP contribution < -0.4 is 10.6 Å². The number of carbonyl (C=O) groups is 1. The smallest absolute Gasteiger partial charge is 0.341 e. The molecule has 0 bridgehead atoms. The Morgan fingerprint density at radius 3 is 2.88 bits per heavy atom. The van der Waals surface area contributed by atoms with Crippen molar-refractivity contribution in [1.29, 1.82) is 0 Å². The first-order valence-corrected chi connectivity index (χ1v) is 11.0. The molecule has 24 heavy (non-hydrogen) atoms. The summed E-state index contributed by atoms with van der Waals surface area (Å²) in [4.78, 5) is 13.7. The van der Waals surface area contributed by atoms with E-state index in [9.17, 15) is 4.79 Å². The molecule has 0 saturated heterocycles. The van der Waals surface area contributed by atoms with Crippen molar-refractivity contribution in [2.75, 3.05) is 17.7 Å². The van der Waals surface area contributed by atoms with Crippen molar-refractivity contribution in [3.8, 4) is 0 Å². The van der Waals surface area contributed by atoms with Gasteiger partial charge in [-0.2, -0.15) is 11.8 Å². The SMILES string of the molecule is CCOC(=O)c1c(NC(=S)NC2CCCCC2)sc2c1CCSC2. The molecule has 132 valence electrons. The van der Waals surface area contributed by atoms with E-state index in [0.717, 1.165) is 28.5 Å².